The number of piperazine rings is 1. The number of amides is 1. The Labute approximate surface area is 251 Å². The van der Waals surface area contributed by atoms with E-state index in [1.54, 1.807) is 4.90 Å². The van der Waals surface area contributed by atoms with E-state index in [0.717, 1.165) is 0 Å². The van der Waals surface area contributed by atoms with Crippen LogP contribution in [0.3, 0.4) is 0 Å². The van der Waals surface area contributed by atoms with E-state index in [2.05, 4.69) is 26.9 Å². The summed E-state index contributed by atoms with van der Waals surface area (Å²) < 4.78 is 32.7. The third-order valence-corrected chi connectivity index (χ3v) is 7.92. The highest BCUT2D eigenvalue weighted by molar-refractivity contribution is 6.07. The predicted molar refractivity (Wildman–Crippen MR) is 162 cm³/mol. The van der Waals surface area contributed by atoms with Gasteiger partial charge in [-0.1, -0.05) is 26.5 Å². The highest BCUT2D eigenvalue weighted by Gasteiger charge is 2.34. The van der Waals surface area contributed by atoms with E-state index in [-0.39, 0.29) is 62.6 Å². The lowest BCUT2D eigenvalue weighted by molar-refractivity contribution is -0.126. The molecule has 1 fully saturated rings. The van der Waals surface area contributed by atoms with Crippen molar-refractivity contribution in [3.05, 3.63) is 105 Å². The lowest BCUT2D eigenvalue weighted by Crippen LogP contribution is -2.54. The summed E-state index contributed by atoms with van der Waals surface area (Å²) >= 11 is 0. The van der Waals surface area contributed by atoms with Crippen LogP contribution in [-0.4, -0.2) is 56.8 Å². The monoisotopic (exact) mass is 597 g/mol. The maximum atomic E-state index is 16.1. The average Bonchev–Trinajstić information content (AvgIpc) is 2.99. The number of pyridine rings is 1. The SMILES string of the molecule is C=CC(=O)N1CCN(c2nc(=O)n3c4c2C=C(F)C(=c2c(F)cccc2=NC=CC(=O)c2ccnc(C(C)C)c2-3)N4)[C@@H](C)C1. The fourth-order valence-corrected chi connectivity index (χ4v) is 5.84. The van der Waals surface area contributed by atoms with Gasteiger partial charge in [-0.15, -0.1) is 0 Å². The van der Waals surface area contributed by atoms with E-state index in [1.807, 2.05) is 25.7 Å². The van der Waals surface area contributed by atoms with Crippen molar-refractivity contribution in [2.24, 2.45) is 4.99 Å². The second kappa shape index (κ2) is 11.1. The molecule has 5 heterocycles. The molecule has 0 unspecified atom stereocenters. The van der Waals surface area contributed by atoms with Crippen LogP contribution in [0.1, 0.15) is 48.3 Å². The first-order valence-corrected chi connectivity index (χ1v) is 14.2. The van der Waals surface area contributed by atoms with E-state index in [9.17, 15) is 14.4 Å². The number of carbonyl (C=O) groups is 2. The van der Waals surface area contributed by atoms with Crippen LogP contribution in [-0.2, 0) is 4.79 Å². The Morgan fingerprint density at radius 2 is 1.98 bits per heavy atom. The summed E-state index contributed by atoms with van der Waals surface area (Å²) in [4.78, 5) is 56.6. The number of rotatable bonds is 3. The molecular formula is C32H29F2N7O3. The number of carbonyl (C=O) groups excluding carboxylic acids is 2. The third-order valence-electron chi connectivity index (χ3n) is 7.92. The zero-order valence-corrected chi connectivity index (χ0v) is 24.3. The predicted octanol–water partition coefficient (Wildman–Crippen LogP) is 2.99. The van der Waals surface area contributed by atoms with Crippen molar-refractivity contribution in [2.75, 3.05) is 29.9 Å². The summed E-state index contributed by atoms with van der Waals surface area (Å²) in [7, 11) is 0. The van der Waals surface area contributed by atoms with Crippen LogP contribution >= 0.6 is 0 Å². The Bertz CT molecular complexity index is 2000. The minimum atomic E-state index is -0.798. The number of nitrogens with zero attached hydrogens (tertiary/aromatic N) is 6. The summed E-state index contributed by atoms with van der Waals surface area (Å²) in [6.45, 7) is 10.1. The van der Waals surface area contributed by atoms with Gasteiger partial charge in [0.1, 0.15) is 23.3 Å². The van der Waals surface area contributed by atoms with Crippen LogP contribution in [0, 0.1) is 5.82 Å². The number of anilines is 2. The van der Waals surface area contributed by atoms with Gasteiger partial charge in [-0.05, 0) is 43.2 Å². The second-order valence-electron chi connectivity index (χ2n) is 11.0. The minimum absolute atomic E-state index is 0.0850. The molecule has 224 valence electrons. The van der Waals surface area contributed by atoms with Gasteiger partial charge in [-0.3, -0.25) is 19.6 Å². The van der Waals surface area contributed by atoms with Gasteiger partial charge in [0.05, 0.1) is 33.2 Å². The lowest BCUT2D eigenvalue weighted by Gasteiger charge is -2.41. The van der Waals surface area contributed by atoms with Crippen molar-refractivity contribution in [2.45, 2.75) is 32.7 Å². The number of hydrogen-bond donors (Lipinski definition) is 1. The van der Waals surface area contributed by atoms with Crippen molar-refractivity contribution in [3.8, 4) is 5.69 Å². The molecule has 2 bridgehead atoms. The normalized spacial score (nSPS) is 17.5. The molecule has 1 amide bonds. The highest BCUT2D eigenvalue weighted by Crippen LogP contribution is 2.38. The van der Waals surface area contributed by atoms with Gasteiger partial charge in [0.2, 0.25) is 5.91 Å². The molecule has 1 N–H and O–H groups in total. The number of allylic oxidation sites excluding steroid dienone is 1. The van der Waals surface area contributed by atoms with Gasteiger partial charge in [-0.2, -0.15) is 4.98 Å². The van der Waals surface area contributed by atoms with Gasteiger partial charge in [0, 0.05) is 49.7 Å². The van der Waals surface area contributed by atoms with E-state index < -0.39 is 23.1 Å². The van der Waals surface area contributed by atoms with Gasteiger partial charge < -0.3 is 15.1 Å². The maximum absolute atomic E-state index is 16.1. The van der Waals surface area contributed by atoms with Crippen molar-refractivity contribution in [1.82, 2.24) is 19.4 Å². The Morgan fingerprint density at radius 3 is 2.70 bits per heavy atom. The topological polar surface area (TPSA) is 113 Å². The maximum Gasteiger partial charge on any atom is 0.355 e. The van der Waals surface area contributed by atoms with Crippen LogP contribution in [0.25, 0.3) is 17.5 Å². The quantitative estimate of drug-likeness (QED) is 0.462. The minimum Gasteiger partial charge on any atom is -0.350 e. The zero-order valence-electron chi connectivity index (χ0n) is 24.3. The zero-order chi connectivity index (χ0) is 31.3. The lowest BCUT2D eigenvalue weighted by atomic mass is 10.00. The van der Waals surface area contributed by atoms with E-state index >= 15 is 8.78 Å². The highest BCUT2D eigenvalue weighted by atomic mass is 19.1. The molecule has 0 aliphatic carbocycles. The fraction of sp³-hybridized carbons (Fsp3) is 0.250. The molecule has 0 spiro atoms. The van der Waals surface area contributed by atoms with Crippen molar-refractivity contribution >= 4 is 35.1 Å². The molecular weight excluding hydrogens is 568 g/mol. The van der Waals surface area contributed by atoms with Crippen molar-refractivity contribution < 1.29 is 18.4 Å². The molecule has 44 heavy (non-hydrogen) atoms. The van der Waals surface area contributed by atoms with Crippen LogP contribution in [0.2, 0.25) is 0 Å². The summed E-state index contributed by atoms with van der Waals surface area (Å²) in [5.41, 5.74) is 0.0288. The number of ketones is 1. The van der Waals surface area contributed by atoms with Gasteiger partial charge in [0.15, 0.2) is 5.78 Å². The standard InChI is InChI=1S/C32H29F2N7O3/c1-5-25(43)39-13-14-40(18(4)16-39)30-20-15-22(34)28-26-21(33)7-6-8-23(26)35-12-10-24(42)19-9-11-36-27(17(2)3)29(19)41(31(20)37-28)32(44)38-30/h5-12,15,17-18,37H,1,13-14,16H2,2-4H3/t18-/m0/s1. The van der Waals surface area contributed by atoms with Crippen LogP contribution in [0.4, 0.5) is 20.4 Å². The Morgan fingerprint density at radius 1 is 1.18 bits per heavy atom. The molecule has 0 saturated carbocycles. The first-order chi connectivity index (χ1) is 21.1. The van der Waals surface area contributed by atoms with E-state index in [1.165, 1.54) is 59.5 Å². The fourth-order valence-electron chi connectivity index (χ4n) is 5.84. The van der Waals surface area contributed by atoms with Crippen LogP contribution in [0.5, 0.6) is 0 Å². The third kappa shape index (κ3) is 4.72. The number of halogens is 2. The van der Waals surface area contributed by atoms with Gasteiger partial charge in [-0.25, -0.2) is 18.1 Å². The molecule has 1 saturated heterocycles. The molecule has 0 radical (unpaired) electrons. The smallest absolute Gasteiger partial charge is 0.350 e. The number of nitrogens with one attached hydrogen (secondary N) is 1. The molecule has 3 aliphatic rings. The number of hydrogen-bond acceptors (Lipinski definition) is 8. The van der Waals surface area contributed by atoms with Crippen molar-refractivity contribution in [3.63, 3.8) is 0 Å². The van der Waals surface area contributed by atoms with Crippen molar-refractivity contribution in [1.29, 1.82) is 0 Å². The Kier molecular flexibility index (Phi) is 7.28. The number of fused-ring (bicyclic) bond motifs is 4. The van der Waals surface area contributed by atoms with E-state index in [4.69, 9.17) is 0 Å². The second-order valence-corrected chi connectivity index (χ2v) is 11.0. The van der Waals surface area contributed by atoms with Gasteiger partial charge in [0.25, 0.3) is 0 Å². The molecule has 10 nitrogen and oxygen atoms in total. The summed E-state index contributed by atoms with van der Waals surface area (Å²) in [5.74, 6) is -2.17. The summed E-state index contributed by atoms with van der Waals surface area (Å²) in [5, 5.41) is 2.92. The summed E-state index contributed by atoms with van der Waals surface area (Å²) in [6, 6.07) is 5.32. The van der Waals surface area contributed by atoms with Crippen LogP contribution < -0.4 is 26.5 Å². The van der Waals surface area contributed by atoms with Gasteiger partial charge >= 0.3 is 5.69 Å². The number of benzene rings is 1. The molecule has 1 atom stereocenters. The number of aromatic nitrogens is 3. The molecule has 3 aromatic rings. The molecule has 12 heteroatoms. The Balaban J connectivity index is 1.71. The molecule has 3 aliphatic heterocycles. The molecule has 1 aromatic carbocycles. The molecule has 2 aromatic heterocycles. The van der Waals surface area contributed by atoms with E-state index in [0.29, 0.717) is 25.3 Å². The average molecular weight is 598 g/mol. The first-order valence-electron chi connectivity index (χ1n) is 14.2. The first kappa shape index (κ1) is 28.8. The largest absolute Gasteiger partial charge is 0.355 e. The molecule has 6 rings (SSSR count). The Hall–Kier alpha value is -5.26. The van der Waals surface area contributed by atoms with Crippen LogP contribution in [0.15, 0.2) is 71.0 Å². The summed E-state index contributed by atoms with van der Waals surface area (Å²) in [6.07, 6.45) is 6.38.